The second kappa shape index (κ2) is 6.15. The van der Waals surface area contributed by atoms with E-state index in [-0.39, 0.29) is 5.91 Å². The van der Waals surface area contributed by atoms with Crippen LogP contribution < -0.4 is 10.6 Å². The first-order valence-corrected chi connectivity index (χ1v) is 7.82. The van der Waals surface area contributed by atoms with Gasteiger partial charge >= 0.3 is 0 Å². The van der Waals surface area contributed by atoms with Crippen LogP contribution in [0.5, 0.6) is 0 Å². The van der Waals surface area contributed by atoms with E-state index in [0.29, 0.717) is 23.5 Å². The number of carbonyl (C=O) groups is 1. The fourth-order valence-electron chi connectivity index (χ4n) is 3.63. The zero-order valence-corrected chi connectivity index (χ0v) is 12.7. The number of carbonyl (C=O) groups excluding carboxylic acids is 1. The van der Waals surface area contributed by atoms with Gasteiger partial charge in [0.25, 0.3) is 0 Å². The normalized spacial score (nSPS) is 26.9. The van der Waals surface area contributed by atoms with E-state index < -0.39 is 0 Å². The lowest BCUT2D eigenvalue weighted by molar-refractivity contribution is -0.118. The van der Waals surface area contributed by atoms with E-state index in [0.717, 1.165) is 26.2 Å². The van der Waals surface area contributed by atoms with E-state index in [4.69, 9.17) is 4.52 Å². The average Bonchev–Trinajstić information content (AvgIpc) is 2.85. The first kappa shape index (κ1) is 14.5. The van der Waals surface area contributed by atoms with Gasteiger partial charge in [0.2, 0.25) is 5.91 Å². The Morgan fingerprint density at radius 3 is 3.10 bits per heavy atom. The van der Waals surface area contributed by atoms with Gasteiger partial charge in [0, 0.05) is 19.2 Å². The van der Waals surface area contributed by atoms with Gasteiger partial charge < -0.3 is 15.2 Å². The summed E-state index contributed by atoms with van der Waals surface area (Å²) in [4.78, 5) is 14.4. The molecule has 6 heteroatoms. The minimum Gasteiger partial charge on any atom is -0.360 e. The quantitative estimate of drug-likeness (QED) is 0.881. The number of likely N-dealkylation sites (tertiary alicyclic amines) is 1. The van der Waals surface area contributed by atoms with E-state index >= 15 is 0 Å². The Bertz CT molecular complexity index is 488. The van der Waals surface area contributed by atoms with Crippen LogP contribution in [-0.2, 0) is 4.79 Å². The summed E-state index contributed by atoms with van der Waals surface area (Å²) < 4.78 is 4.96. The number of rotatable bonds is 3. The van der Waals surface area contributed by atoms with Crippen molar-refractivity contribution in [2.45, 2.75) is 32.6 Å². The molecule has 2 aliphatic rings. The number of hydrogen-bond acceptors (Lipinski definition) is 5. The fraction of sp³-hybridized carbons (Fsp3) is 0.733. The summed E-state index contributed by atoms with van der Waals surface area (Å²) in [6.07, 6.45) is 4.98. The number of aromatic nitrogens is 1. The van der Waals surface area contributed by atoms with Gasteiger partial charge in [-0.2, -0.15) is 0 Å². The molecule has 0 aromatic carbocycles. The predicted octanol–water partition coefficient (Wildman–Crippen LogP) is 1.39. The molecule has 2 fully saturated rings. The molecule has 0 bridgehead atoms. The highest BCUT2D eigenvalue weighted by Gasteiger charge is 2.36. The maximum atomic E-state index is 12.1. The van der Waals surface area contributed by atoms with Crippen molar-refractivity contribution in [3.05, 3.63) is 11.8 Å². The molecule has 1 atom stereocenters. The third kappa shape index (κ3) is 3.63. The number of aryl methyl sites for hydroxylation is 1. The molecule has 1 aromatic heterocycles. The molecule has 3 rings (SSSR count). The molecule has 116 valence electrons. The Kier molecular flexibility index (Phi) is 4.26. The van der Waals surface area contributed by atoms with Gasteiger partial charge in [-0.05, 0) is 51.1 Å². The van der Waals surface area contributed by atoms with Crippen molar-refractivity contribution in [2.75, 3.05) is 38.0 Å². The zero-order chi connectivity index (χ0) is 14.7. The topological polar surface area (TPSA) is 70.4 Å². The standard InChI is InChI=1S/C15H24N4O2/c1-12-8-13(18-21-12)17-14(20)9-19-7-3-5-15(11-19)4-2-6-16-10-15/h8,16H,2-7,9-11H2,1H3,(H,17,18,20). The smallest absolute Gasteiger partial charge is 0.239 e. The Balaban J connectivity index is 1.53. The summed E-state index contributed by atoms with van der Waals surface area (Å²) in [7, 11) is 0. The molecule has 0 saturated carbocycles. The van der Waals surface area contributed by atoms with E-state index in [2.05, 4.69) is 20.7 Å². The van der Waals surface area contributed by atoms with Gasteiger partial charge in [-0.15, -0.1) is 0 Å². The first-order chi connectivity index (χ1) is 10.2. The molecule has 2 N–H and O–H groups in total. The second-order valence-electron chi connectivity index (χ2n) is 6.47. The van der Waals surface area contributed by atoms with Crippen LogP contribution in [0.3, 0.4) is 0 Å². The van der Waals surface area contributed by atoms with Crippen LogP contribution in [-0.4, -0.2) is 48.7 Å². The summed E-state index contributed by atoms with van der Waals surface area (Å²) in [6, 6.07) is 1.74. The highest BCUT2D eigenvalue weighted by atomic mass is 16.5. The molecule has 3 heterocycles. The van der Waals surface area contributed by atoms with Gasteiger partial charge in [-0.25, -0.2) is 0 Å². The molecule has 2 saturated heterocycles. The maximum absolute atomic E-state index is 12.1. The van der Waals surface area contributed by atoms with Crippen molar-refractivity contribution in [1.29, 1.82) is 0 Å². The van der Waals surface area contributed by atoms with Gasteiger partial charge in [-0.1, -0.05) is 5.16 Å². The number of nitrogens with zero attached hydrogens (tertiary/aromatic N) is 2. The number of nitrogens with one attached hydrogen (secondary N) is 2. The van der Waals surface area contributed by atoms with Gasteiger partial charge in [0.15, 0.2) is 5.82 Å². The lowest BCUT2D eigenvalue weighted by atomic mass is 9.74. The van der Waals surface area contributed by atoms with Gasteiger partial charge in [0.1, 0.15) is 5.76 Å². The molecule has 1 amide bonds. The predicted molar refractivity (Wildman–Crippen MR) is 80.1 cm³/mol. The van der Waals surface area contributed by atoms with Crippen molar-refractivity contribution in [1.82, 2.24) is 15.4 Å². The second-order valence-corrected chi connectivity index (χ2v) is 6.47. The van der Waals surface area contributed by atoms with E-state index in [9.17, 15) is 4.79 Å². The SMILES string of the molecule is Cc1cc(NC(=O)CN2CCCC3(CCCNC3)C2)no1. The Labute approximate surface area is 125 Å². The summed E-state index contributed by atoms with van der Waals surface area (Å²) in [5.41, 5.74) is 0.376. The minimum absolute atomic E-state index is 0.0101. The molecule has 6 nitrogen and oxygen atoms in total. The van der Waals surface area contributed by atoms with E-state index in [1.807, 2.05) is 6.92 Å². The largest absolute Gasteiger partial charge is 0.360 e. The minimum atomic E-state index is -0.0101. The van der Waals surface area contributed by atoms with Crippen LogP contribution in [0.25, 0.3) is 0 Å². The van der Waals surface area contributed by atoms with Crippen LogP contribution in [0.15, 0.2) is 10.6 Å². The molecular weight excluding hydrogens is 268 g/mol. The van der Waals surface area contributed by atoms with Crippen LogP contribution in [0, 0.1) is 12.3 Å². The Hall–Kier alpha value is -1.40. The number of hydrogen-bond donors (Lipinski definition) is 2. The first-order valence-electron chi connectivity index (χ1n) is 7.82. The molecule has 21 heavy (non-hydrogen) atoms. The Morgan fingerprint density at radius 2 is 2.38 bits per heavy atom. The lowest BCUT2D eigenvalue weighted by Crippen LogP contribution is -2.52. The zero-order valence-electron chi connectivity index (χ0n) is 12.7. The van der Waals surface area contributed by atoms with Crippen molar-refractivity contribution in [3.8, 4) is 0 Å². The summed E-state index contributed by atoms with van der Waals surface area (Å²) in [5, 5.41) is 10.1. The molecule has 1 spiro atoms. The highest BCUT2D eigenvalue weighted by Crippen LogP contribution is 2.35. The van der Waals surface area contributed by atoms with Gasteiger partial charge in [0.05, 0.1) is 6.54 Å². The summed E-state index contributed by atoms with van der Waals surface area (Å²) >= 11 is 0. The highest BCUT2D eigenvalue weighted by molar-refractivity contribution is 5.91. The third-order valence-electron chi connectivity index (χ3n) is 4.56. The van der Waals surface area contributed by atoms with Crippen LogP contribution in [0.4, 0.5) is 5.82 Å². The van der Waals surface area contributed by atoms with Crippen molar-refractivity contribution < 1.29 is 9.32 Å². The molecule has 1 unspecified atom stereocenters. The monoisotopic (exact) mass is 292 g/mol. The summed E-state index contributed by atoms with van der Waals surface area (Å²) in [6.45, 7) is 6.50. The van der Waals surface area contributed by atoms with Crippen molar-refractivity contribution >= 4 is 11.7 Å². The molecule has 2 aliphatic heterocycles. The average molecular weight is 292 g/mol. The van der Waals surface area contributed by atoms with E-state index in [1.165, 1.54) is 25.7 Å². The number of amides is 1. The Morgan fingerprint density at radius 1 is 1.52 bits per heavy atom. The van der Waals surface area contributed by atoms with Gasteiger partial charge in [-0.3, -0.25) is 9.69 Å². The number of anilines is 1. The number of piperidine rings is 2. The van der Waals surface area contributed by atoms with Crippen LogP contribution >= 0.6 is 0 Å². The third-order valence-corrected chi connectivity index (χ3v) is 4.56. The van der Waals surface area contributed by atoms with E-state index in [1.54, 1.807) is 6.07 Å². The van der Waals surface area contributed by atoms with Crippen molar-refractivity contribution in [2.24, 2.45) is 5.41 Å². The van der Waals surface area contributed by atoms with Crippen LogP contribution in [0.2, 0.25) is 0 Å². The summed E-state index contributed by atoms with van der Waals surface area (Å²) in [5.74, 6) is 1.20. The van der Waals surface area contributed by atoms with Crippen LogP contribution in [0.1, 0.15) is 31.4 Å². The molecule has 1 aromatic rings. The maximum Gasteiger partial charge on any atom is 0.239 e. The molecular formula is C15H24N4O2. The van der Waals surface area contributed by atoms with Crippen molar-refractivity contribution in [3.63, 3.8) is 0 Å². The molecule has 0 radical (unpaired) electrons. The fourth-order valence-corrected chi connectivity index (χ4v) is 3.63. The lowest BCUT2D eigenvalue weighted by Gasteiger charge is -2.45. The molecule has 0 aliphatic carbocycles.